The van der Waals surface area contributed by atoms with Crippen molar-refractivity contribution in [1.82, 2.24) is 9.97 Å². The highest BCUT2D eigenvalue weighted by molar-refractivity contribution is 6.02. The summed E-state index contributed by atoms with van der Waals surface area (Å²) in [5, 5.41) is 6.58. The molecule has 3 aromatic rings. The predicted molar refractivity (Wildman–Crippen MR) is 110 cm³/mol. The third-order valence-electron chi connectivity index (χ3n) is 3.99. The average Bonchev–Trinajstić information content (AvgIpc) is 2.69. The first-order chi connectivity index (χ1) is 13.1. The van der Waals surface area contributed by atoms with Gasteiger partial charge in [-0.15, -0.1) is 0 Å². The minimum absolute atomic E-state index is 0.194. The first-order valence-electron chi connectivity index (χ1n) is 8.98. The van der Waals surface area contributed by atoms with Gasteiger partial charge < -0.3 is 15.4 Å². The molecule has 2 amide bonds. The van der Waals surface area contributed by atoms with Crippen LogP contribution in [0.3, 0.4) is 0 Å². The van der Waals surface area contributed by atoms with Crippen molar-refractivity contribution in [3.8, 4) is 0 Å². The molecule has 27 heavy (non-hydrogen) atoms. The summed E-state index contributed by atoms with van der Waals surface area (Å²) < 4.78 is 5.52. The Morgan fingerprint density at radius 2 is 1.93 bits per heavy atom. The average molecular weight is 366 g/mol. The lowest BCUT2D eigenvalue weighted by Crippen LogP contribution is -2.21. The predicted octanol–water partition coefficient (Wildman–Crippen LogP) is 5.32. The first-order valence-corrected chi connectivity index (χ1v) is 8.98. The molecule has 1 atom stereocenters. The van der Waals surface area contributed by atoms with Crippen molar-refractivity contribution in [1.29, 1.82) is 0 Å². The lowest BCUT2D eigenvalue weighted by Gasteiger charge is -2.18. The van der Waals surface area contributed by atoms with Gasteiger partial charge in [-0.3, -0.25) is 9.97 Å². The third-order valence-corrected chi connectivity index (χ3v) is 3.99. The monoisotopic (exact) mass is 366 g/mol. The highest BCUT2D eigenvalue weighted by Gasteiger charge is 2.17. The van der Waals surface area contributed by atoms with Gasteiger partial charge in [-0.2, -0.15) is 0 Å². The van der Waals surface area contributed by atoms with E-state index in [-0.39, 0.29) is 12.1 Å². The summed E-state index contributed by atoms with van der Waals surface area (Å²) in [6.45, 7) is 7.97. The second kappa shape index (κ2) is 9.64. The molecule has 1 aromatic carbocycles. The number of pyridine rings is 2. The maximum Gasteiger partial charge on any atom is 0.323 e. The number of amides is 2. The number of carbonyl (C=O) groups is 1. The van der Waals surface area contributed by atoms with E-state index in [1.165, 1.54) is 0 Å². The van der Waals surface area contributed by atoms with Gasteiger partial charge in [0.15, 0.2) is 0 Å². The number of aromatic nitrogens is 2. The van der Waals surface area contributed by atoms with Crippen LogP contribution in [0.5, 0.6) is 0 Å². The van der Waals surface area contributed by atoms with Gasteiger partial charge in [0.2, 0.25) is 0 Å². The molecule has 142 valence electrons. The van der Waals surface area contributed by atoms with Crippen LogP contribution in [0, 0.1) is 6.92 Å². The molecule has 3 rings (SSSR count). The van der Waals surface area contributed by atoms with Crippen LogP contribution in [-0.4, -0.2) is 23.1 Å². The number of methoxy groups -OCH3 is 1. The largest absolute Gasteiger partial charge is 0.377 e. The molecule has 2 N–H and O–H groups in total. The molecule has 0 aliphatic heterocycles. The van der Waals surface area contributed by atoms with E-state index in [0.29, 0.717) is 11.4 Å². The molecule has 6 heteroatoms. The van der Waals surface area contributed by atoms with E-state index in [1.54, 1.807) is 37.8 Å². The summed E-state index contributed by atoms with van der Waals surface area (Å²) >= 11 is 0. The van der Waals surface area contributed by atoms with Crippen molar-refractivity contribution in [2.75, 3.05) is 17.7 Å². The Kier molecular flexibility index (Phi) is 7.25. The van der Waals surface area contributed by atoms with Gasteiger partial charge in [-0.1, -0.05) is 25.5 Å². The van der Waals surface area contributed by atoms with Crippen LogP contribution in [-0.2, 0) is 4.74 Å². The van der Waals surface area contributed by atoms with Gasteiger partial charge in [0.25, 0.3) is 0 Å². The van der Waals surface area contributed by atoms with Crippen molar-refractivity contribution in [2.45, 2.75) is 33.8 Å². The summed E-state index contributed by atoms with van der Waals surface area (Å²) in [6, 6.07) is 9.21. The Morgan fingerprint density at radius 3 is 2.59 bits per heavy atom. The molecular weight excluding hydrogens is 340 g/mol. The molecule has 0 spiro atoms. The number of ether oxygens (including phenoxy) is 1. The fourth-order valence-electron chi connectivity index (χ4n) is 2.70. The Balaban J connectivity index is 0.00000126. The Hall–Kier alpha value is -2.99. The lowest BCUT2D eigenvalue weighted by molar-refractivity contribution is 0.121. The number of fused-ring (bicyclic) bond motifs is 1. The van der Waals surface area contributed by atoms with Gasteiger partial charge in [-0.05, 0) is 38.1 Å². The third kappa shape index (κ3) is 5.01. The number of hydrogen-bond donors (Lipinski definition) is 2. The van der Waals surface area contributed by atoms with Crippen molar-refractivity contribution in [2.24, 2.45) is 0 Å². The summed E-state index contributed by atoms with van der Waals surface area (Å²) in [4.78, 5) is 20.8. The quantitative estimate of drug-likeness (QED) is 0.655. The number of benzene rings is 1. The first kappa shape index (κ1) is 20.3. The van der Waals surface area contributed by atoms with Crippen LogP contribution in [0.4, 0.5) is 16.2 Å². The molecule has 0 saturated carbocycles. The number of anilines is 2. The molecule has 0 bridgehead atoms. The minimum Gasteiger partial charge on any atom is -0.377 e. The zero-order valence-electron chi connectivity index (χ0n) is 16.4. The van der Waals surface area contributed by atoms with E-state index in [1.807, 2.05) is 39.8 Å². The fraction of sp³-hybridized carbons (Fsp3) is 0.286. The molecule has 0 aliphatic carbocycles. The maximum absolute atomic E-state index is 12.3. The van der Waals surface area contributed by atoms with Gasteiger partial charge in [-0.25, -0.2) is 4.79 Å². The van der Waals surface area contributed by atoms with E-state index < -0.39 is 0 Å². The molecule has 0 aliphatic rings. The van der Waals surface area contributed by atoms with Crippen LogP contribution in [0.1, 0.15) is 38.0 Å². The number of carbonyl (C=O) groups excluding carboxylic acids is 1. The Labute approximate surface area is 160 Å². The van der Waals surface area contributed by atoms with Crippen LogP contribution >= 0.6 is 0 Å². The van der Waals surface area contributed by atoms with Gasteiger partial charge in [0, 0.05) is 24.3 Å². The summed E-state index contributed by atoms with van der Waals surface area (Å²) in [5.74, 6) is 0. The molecule has 0 saturated heterocycles. The molecule has 2 heterocycles. The summed E-state index contributed by atoms with van der Waals surface area (Å²) in [7, 11) is 1.65. The normalized spacial score (nSPS) is 11.3. The zero-order chi connectivity index (χ0) is 19.8. The Bertz CT molecular complexity index is 897. The topological polar surface area (TPSA) is 76.1 Å². The number of rotatable bonds is 4. The lowest BCUT2D eigenvalue weighted by atomic mass is 10.0. The van der Waals surface area contributed by atoms with E-state index in [4.69, 9.17) is 4.74 Å². The van der Waals surface area contributed by atoms with Gasteiger partial charge in [0.05, 0.1) is 35.4 Å². The fourth-order valence-corrected chi connectivity index (χ4v) is 2.70. The standard InChI is InChI=1S/C19H20N4O2.C2H6/c1-12-6-7-16-15(9-12)18(13(2)25-3)17(11-21-16)23-19(24)22-14-5-4-8-20-10-14;1-2/h4-11,13H,1-3H3,(H2,22,23,24);1-2H3. The van der Waals surface area contributed by atoms with Crippen LogP contribution in [0.15, 0.2) is 48.9 Å². The van der Waals surface area contributed by atoms with Crippen molar-refractivity contribution in [3.63, 3.8) is 0 Å². The number of nitrogens with one attached hydrogen (secondary N) is 2. The van der Waals surface area contributed by atoms with Crippen molar-refractivity contribution >= 4 is 28.3 Å². The number of nitrogens with zero attached hydrogens (tertiary/aromatic N) is 2. The van der Waals surface area contributed by atoms with Crippen LogP contribution in [0.25, 0.3) is 10.9 Å². The van der Waals surface area contributed by atoms with E-state index in [0.717, 1.165) is 22.0 Å². The molecule has 1 unspecified atom stereocenters. The van der Waals surface area contributed by atoms with Crippen LogP contribution < -0.4 is 10.6 Å². The molecule has 2 aromatic heterocycles. The van der Waals surface area contributed by atoms with E-state index >= 15 is 0 Å². The summed E-state index contributed by atoms with van der Waals surface area (Å²) in [6.07, 6.45) is 4.70. The van der Waals surface area contributed by atoms with E-state index in [2.05, 4.69) is 26.7 Å². The molecule has 6 nitrogen and oxygen atoms in total. The minimum atomic E-state index is -0.355. The molecule has 0 fully saturated rings. The number of urea groups is 1. The zero-order valence-corrected chi connectivity index (χ0v) is 16.4. The van der Waals surface area contributed by atoms with Gasteiger partial charge >= 0.3 is 6.03 Å². The summed E-state index contributed by atoms with van der Waals surface area (Å²) in [5.41, 5.74) is 4.12. The number of aryl methyl sites for hydroxylation is 1. The molecular formula is C21H26N4O2. The van der Waals surface area contributed by atoms with Crippen molar-refractivity contribution in [3.05, 3.63) is 60.0 Å². The van der Waals surface area contributed by atoms with Crippen molar-refractivity contribution < 1.29 is 9.53 Å². The maximum atomic E-state index is 12.3. The van der Waals surface area contributed by atoms with Crippen LogP contribution in [0.2, 0.25) is 0 Å². The van der Waals surface area contributed by atoms with Gasteiger partial charge in [0.1, 0.15) is 0 Å². The Morgan fingerprint density at radius 1 is 1.15 bits per heavy atom. The van der Waals surface area contributed by atoms with E-state index in [9.17, 15) is 4.79 Å². The number of hydrogen-bond acceptors (Lipinski definition) is 4. The highest BCUT2D eigenvalue weighted by Crippen LogP contribution is 2.32. The molecule has 0 radical (unpaired) electrons. The second-order valence-electron chi connectivity index (χ2n) is 5.80. The second-order valence-corrected chi connectivity index (χ2v) is 5.80. The highest BCUT2D eigenvalue weighted by atomic mass is 16.5. The smallest absolute Gasteiger partial charge is 0.323 e. The SMILES string of the molecule is CC.COC(C)c1c(NC(=O)Nc2cccnc2)cnc2ccc(C)cc12.